The Labute approximate surface area is 124 Å². The van der Waals surface area contributed by atoms with Gasteiger partial charge in [-0.2, -0.15) is 0 Å². The maximum atomic E-state index is 12.2. The van der Waals surface area contributed by atoms with E-state index in [0.717, 1.165) is 5.56 Å². The third kappa shape index (κ3) is 3.51. The summed E-state index contributed by atoms with van der Waals surface area (Å²) in [6.45, 7) is 7.91. The van der Waals surface area contributed by atoms with Crippen LogP contribution in [0.2, 0.25) is 5.02 Å². The second kappa shape index (κ2) is 5.09. The standard InChI is InChI=1S/C15H20ClN3O/c1-14(2,3)18-13-17-12(20)15(4,19-13)9-10-5-7-11(16)8-6-10/h5-8H,9H2,1-4H3,(H2,17,18,19,20). The van der Waals surface area contributed by atoms with Gasteiger partial charge in [0.15, 0.2) is 5.96 Å². The van der Waals surface area contributed by atoms with Gasteiger partial charge in [-0.1, -0.05) is 23.7 Å². The lowest BCUT2D eigenvalue weighted by Gasteiger charge is -2.21. The molecule has 1 amide bonds. The second-order valence-electron chi connectivity index (χ2n) is 6.37. The Morgan fingerprint density at radius 3 is 2.45 bits per heavy atom. The molecule has 1 aromatic rings. The molecule has 0 aromatic heterocycles. The lowest BCUT2D eigenvalue weighted by molar-refractivity contribution is -0.123. The Kier molecular flexibility index (Phi) is 3.78. The summed E-state index contributed by atoms with van der Waals surface area (Å²) in [5, 5.41) is 6.69. The Hall–Kier alpha value is -1.55. The molecule has 1 aliphatic rings. The summed E-state index contributed by atoms with van der Waals surface area (Å²) in [4.78, 5) is 16.7. The van der Waals surface area contributed by atoms with Crippen molar-refractivity contribution in [1.29, 1.82) is 0 Å². The van der Waals surface area contributed by atoms with Crippen LogP contribution in [-0.4, -0.2) is 22.9 Å². The molecule has 0 fully saturated rings. The summed E-state index contributed by atoms with van der Waals surface area (Å²) in [5.74, 6) is 0.457. The first-order valence-corrected chi connectivity index (χ1v) is 7.00. The molecule has 1 unspecified atom stereocenters. The largest absolute Gasteiger partial charge is 0.351 e. The van der Waals surface area contributed by atoms with Crippen molar-refractivity contribution in [3.05, 3.63) is 34.9 Å². The van der Waals surface area contributed by atoms with Crippen LogP contribution in [0.25, 0.3) is 0 Å². The summed E-state index contributed by atoms with van der Waals surface area (Å²) in [7, 11) is 0. The molecule has 1 heterocycles. The predicted octanol–water partition coefficient (Wildman–Crippen LogP) is 2.52. The van der Waals surface area contributed by atoms with E-state index in [1.54, 1.807) is 0 Å². The fraction of sp³-hybridized carbons (Fsp3) is 0.467. The normalized spacial score (nSPS) is 22.4. The van der Waals surface area contributed by atoms with Gasteiger partial charge in [-0.25, -0.2) is 4.99 Å². The van der Waals surface area contributed by atoms with E-state index in [1.807, 2.05) is 52.0 Å². The molecule has 5 heteroatoms. The molecule has 0 saturated carbocycles. The number of nitrogens with zero attached hydrogens (tertiary/aromatic N) is 1. The fourth-order valence-electron chi connectivity index (χ4n) is 2.10. The molecule has 0 aliphatic carbocycles. The van der Waals surface area contributed by atoms with Crippen LogP contribution in [0.15, 0.2) is 29.3 Å². The van der Waals surface area contributed by atoms with Gasteiger partial charge in [-0.05, 0) is 45.4 Å². The van der Waals surface area contributed by atoms with Gasteiger partial charge in [0, 0.05) is 17.0 Å². The number of amides is 1. The Balaban J connectivity index is 2.16. The molecule has 0 radical (unpaired) electrons. The molecule has 2 rings (SSSR count). The zero-order valence-corrected chi connectivity index (χ0v) is 13.0. The van der Waals surface area contributed by atoms with E-state index < -0.39 is 5.54 Å². The van der Waals surface area contributed by atoms with Crippen molar-refractivity contribution in [1.82, 2.24) is 10.6 Å². The first kappa shape index (κ1) is 14.9. The van der Waals surface area contributed by atoms with Crippen molar-refractivity contribution in [3.8, 4) is 0 Å². The van der Waals surface area contributed by atoms with Crippen molar-refractivity contribution in [2.75, 3.05) is 0 Å². The van der Waals surface area contributed by atoms with Crippen LogP contribution < -0.4 is 10.6 Å². The van der Waals surface area contributed by atoms with E-state index in [1.165, 1.54) is 0 Å². The van der Waals surface area contributed by atoms with Crippen LogP contribution in [0.5, 0.6) is 0 Å². The summed E-state index contributed by atoms with van der Waals surface area (Å²) in [5.41, 5.74) is 0.117. The first-order chi connectivity index (χ1) is 9.18. The minimum atomic E-state index is -0.776. The van der Waals surface area contributed by atoms with E-state index in [4.69, 9.17) is 11.6 Å². The minimum Gasteiger partial charge on any atom is -0.351 e. The quantitative estimate of drug-likeness (QED) is 0.880. The van der Waals surface area contributed by atoms with Crippen LogP contribution >= 0.6 is 11.6 Å². The number of rotatable bonds is 2. The topological polar surface area (TPSA) is 53.5 Å². The predicted molar refractivity (Wildman–Crippen MR) is 82.0 cm³/mol. The number of nitrogens with one attached hydrogen (secondary N) is 2. The van der Waals surface area contributed by atoms with Crippen LogP contribution in [0.3, 0.4) is 0 Å². The highest BCUT2D eigenvalue weighted by Crippen LogP contribution is 2.23. The number of benzene rings is 1. The summed E-state index contributed by atoms with van der Waals surface area (Å²) >= 11 is 5.87. The molecule has 0 saturated heterocycles. The average molecular weight is 294 g/mol. The van der Waals surface area contributed by atoms with Crippen molar-refractivity contribution >= 4 is 23.5 Å². The fourth-order valence-corrected chi connectivity index (χ4v) is 2.23. The van der Waals surface area contributed by atoms with Gasteiger partial charge in [0.1, 0.15) is 5.54 Å². The molecule has 1 aliphatic heterocycles. The molecule has 20 heavy (non-hydrogen) atoms. The number of guanidine groups is 1. The zero-order valence-electron chi connectivity index (χ0n) is 12.2. The maximum Gasteiger partial charge on any atom is 0.254 e. The highest BCUT2D eigenvalue weighted by Gasteiger charge is 2.39. The van der Waals surface area contributed by atoms with Gasteiger partial charge in [0.2, 0.25) is 0 Å². The van der Waals surface area contributed by atoms with Crippen molar-refractivity contribution in [2.45, 2.75) is 45.2 Å². The molecule has 0 bridgehead atoms. The monoisotopic (exact) mass is 293 g/mol. The summed E-state index contributed by atoms with van der Waals surface area (Å²) in [6, 6.07) is 7.49. The smallest absolute Gasteiger partial charge is 0.254 e. The second-order valence-corrected chi connectivity index (χ2v) is 6.80. The number of hydrogen-bond donors (Lipinski definition) is 2. The zero-order chi connectivity index (χ0) is 15.0. The third-order valence-corrected chi connectivity index (χ3v) is 3.29. The van der Waals surface area contributed by atoms with E-state index in [2.05, 4.69) is 15.6 Å². The van der Waals surface area contributed by atoms with Gasteiger partial charge in [0.25, 0.3) is 5.91 Å². The average Bonchev–Trinajstić information content (AvgIpc) is 2.55. The Bertz CT molecular complexity index is 545. The number of aliphatic imine (C=N–C) groups is 1. The Morgan fingerprint density at radius 1 is 1.30 bits per heavy atom. The van der Waals surface area contributed by atoms with Gasteiger partial charge in [-0.3, -0.25) is 10.1 Å². The van der Waals surface area contributed by atoms with Crippen molar-refractivity contribution < 1.29 is 4.79 Å². The van der Waals surface area contributed by atoms with E-state index in [9.17, 15) is 4.79 Å². The lowest BCUT2D eigenvalue weighted by atomic mass is 9.93. The number of carbonyl (C=O) groups is 1. The van der Waals surface area contributed by atoms with Gasteiger partial charge < -0.3 is 5.32 Å². The highest BCUT2D eigenvalue weighted by molar-refractivity contribution is 6.30. The number of halogens is 1. The molecular weight excluding hydrogens is 274 g/mol. The first-order valence-electron chi connectivity index (χ1n) is 6.62. The molecular formula is C15H20ClN3O. The van der Waals surface area contributed by atoms with Crippen LogP contribution in [0.4, 0.5) is 0 Å². The Morgan fingerprint density at radius 2 is 1.90 bits per heavy atom. The molecule has 2 N–H and O–H groups in total. The molecule has 0 spiro atoms. The van der Waals surface area contributed by atoms with Gasteiger partial charge in [-0.15, -0.1) is 0 Å². The van der Waals surface area contributed by atoms with Crippen molar-refractivity contribution in [3.63, 3.8) is 0 Å². The van der Waals surface area contributed by atoms with Gasteiger partial charge >= 0.3 is 0 Å². The number of hydrogen-bond acceptors (Lipinski definition) is 3. The van der Waals surface area contributed by atoms with E-state index in [0.29, 0.717) is 17.4 Å². The highest BCUT2D eigenvalue weighted by atomic mass is 35.5. The molecule has 108 valence electrons. The van der Waals surface area contributed by atoms with Crippen LogP contribution in [0, 0.1) is 0 Å². The SMILES string of the molecule is CC(C)(C)NC1=NC(C)(Cc2ccc(Cl)cc2)C(=O)N1. The summed E-state index contributed by atoms with van der Waals surface area (Å²) in [6.07, 6.45) is 0.547. The van der Waals surface area contributed by atoms with Crippen LogP contribution in [0.1, 0.15) is 33.3 Å². The van der Waals surface area contributed by atoms with E-state index in [-0.39, 0.29) is 11.4 Å². The maximum absolute atomic E-state index is 12.2. The van der Waals surface area contributed by atoms with Crippen molar-refractivity contribution in [2.24, 2.45) is 4.99 Å². The summed E-state index contributed by atoms with van der Waals surface area (Å²) < 4.78 is 0. The lowest BCUT2D eigenvalue weighted by Crippen LogP contribution is -2.47. The van der Waals surface area contributed by atoms with Gasteiger partial charge in [0.05, 0.1) is 0 Å². The molecule has 4 nitrogen and oxygen atoms in total. The minimum absolute atomic E-state index is 0.0841. The molecule has 1 atom stereocenters. The van der Waals surface area contributed by atoms with E-state index >= 15 is 0 Å². The molecule has 1 aromatic carbocycles. The number of carbonyl (C=O) groups excluding carboxylic acids is 1. The van der Waals surface area contributed by atoms with Crippen LogP contribution in [-0.2, 0) is 11.2 Å². The third-order valence-electron chi connectivity index (χ3n) is 3.03.